The van der Waals surface area contributed by atoms with E-state index in [1.807, 2.05) is 0 Å². The molecule has 14 heteroatoms. The van der Waals surface area contributed by atoms with Gasteiger partial charge in [-0.25, -0.2) is 13.7 Å². The number of rotatable bonds is 7. The molecule has 11 nitrogen and oxygen atoms in total. The summed E-state index contributed by atoms with van der Waals surface area (Å²) in [5.74, 6) is 0. The van der Waals surface area contributed by atoms with E-state index >= 15 is 0 Å². The Balaban J connectivity index is 4.65. The van der Waals surface area contributed by atoms with Gasteiger partial charge >= 0.3 is 23.5 Å². The molecule has 3 atom stereocenters. The SMILES string of the molecule is CC(CN)OP(=O)(O)OP(=O)(O)OP(=O)(O)O. The smallest absolute Gasteiger partial charge is 0.328 e. The first kappa shape index (κ1) is 17.4. The van der Waals surface area contributed by atoms with Crippen molar-refractivity contribution in [3.8, 4) is 0 Å². The van der Waals surface area contributed by atoms with Crippen LogP contribution in [0.3, 0.4) is 0 Å². The summed E-state index contributed by atoms with van der Waals surface area (Å²) in [7, 11) is -15.8. The van der Waals surface area contributed by atoms with Gasteiger partial charge in [0, 0.05) is 6.54 Å². The van der Waals surface area contributed by atoms with Gasteiger partial charge in [-0.15, -0.1) is 0 Å². The molecule has 0 spiro atoms. The van der Waals surface area contributed by atoms with Crippen LogP contribution in [0.5, 0.6) is 0 Å². The van der Waals surface area contributed by atoms with E-state index in [2.05, 4.69) is 13.1 Å². The Bertz CT molecular complexity index is 388. The molecule has 17 heavy (non-hydrogen) atoms. The molecular weight excluding hydrogens is 303 g/mol. The maximum Gasteiger partial charge on any atom is 0.490 e. The van der Waals surface area contributed by atoms with Gasteiger partial charge in [-0.2, -0.15) is 8.62 Å². The molecule has 104 valence electrons. The first-order valence-corrected chi connectivity index (χ1v) is 8.41. The molecule has 3 unspecified atom stereocenters. The predicted octanol–water partition coefficient (Wildman–Crippen LogP) is -0.323. The third kappa shape index (κ3) is 9.01. The first-order chi connectivity index (χ1) is 7.37. The van der Waals surface area contributed by atoms with E-state index in [4.69, 9.17) is 25.3 Å². The molecule has 0 aliphatic rings. The topological polar surface area (TPSA) is 186 Å². The Labute approximate surface area is 96.0 Å². The Morgan fingerprint density at radius 3 is 1.88 bits per heavy atom. The van der Waals surface area contributed by atoms with Crippen molar-refractivity contribution in [1.29, 1.82) is 0 Å². The van der Waals surface area contributed by atoms with Crippen LogP contribution in [0.1, 0.15) is 6.92 Å². The van der Waals surface area contributed by atoms with Crippen molar-refractivity contribution < 1.29 is 46.4 Å². The highest BCUT2D eigenvalue weighted by Crippen LogP contribution is 2.66. The fraction of sp³-hybridized carbons (Fsp3) is 1.00. The minimum Gasteiger partial charge on any atom is -0.328 e. The lowest BCUT2D eigenvalue weighted by atomic mass is 10.4. The van der Waals surface area contributed by atoms with Crippen LogP contribution in [-0.2, 0) is 26.8 Å². The molecule has 0 heterocycles. The van der Waals surface area contributed by atoms with Crippen LogP contribution in [0.2, 0.25) is 0 Å². The summed E-state index contributed by atoms with van der Waals surface area (Å²) in [6, 6.07) is 0. The van der Waals surface area contributed by atoms with Crippen molar-refractivity contribution in [1.82, 2.24) is 0 Å². The van der Waals surface area contributed by atoms with E-state index in [-0.39, 0.29) is 6.54 Å². The number of nitrogens with two attached hydrogens (primary N) is 1. The summed E-state index contributed by atoms with van der Waals surface area (Å²) in [4.78, 5) is 34.1. The number of hydrogen-bond acceptors (Lipinski definition) is 7. The lowest BCUT2D eigenvalue weighted by molar-refractivity contribution is 0.139. The van der Waals surface area contributed by atoms with Crippen LogP contribution in [0.25, 0.3) is 0 Å². The monoisotopic (exact) mass is 315 g/mol. The lowest BCUT2D eigenvalue weighted by Gasteiger charge is -2.18. The van der Waals surface area contributed by atoms with E-state index in [0.29, 0.717) is 0 Å². The minimum atomic E-state index is -5.44. The van der Waals surface area contributed by atoms with Crippen molar-refractivity contribution in [2.45, 2.75) is 13.0 Å². The van der Waals surface area contributed by atoms with Gasteiger partial charge in [0.05, 0.1) is 6.10 Å². The van der Waals surface area contributed by atoms with Gasteiger partial charge in [0.2, 0.25) is 0 Å². The summed E-state index contributed by atoms with van der Waals surface area (Å²) < 4.78 is 43.3. The molecular formula is C3H12NO10P3. The normalized spacial score (nSPS) is 21.5. The highest BCUT2D eigenvalue weighted by Gasteiger charge is 2.41. The third-order valence-corrected chi connectivity index (χ3v) is 5.01. The molecule has 0 bridgehead atoms. The zero-order valence-corrected chi connectivity index (χ0v) is 11.1. The minimum absolute atomic E-state index is 0.191. The molecule has 0 saturated carbocycles. The van der Waals surface area contributed by atoms with Crippen molar-refractivity contribution in [2.75, 3.05) is 6.54 Å². The van der Waals surface area contributed by atoms with Gasteiger partial charge in [0.15, 0.2) is 0 Å². The van der Waals surface area contributed by atoms with Crippen LogP contribution in [0.4, 0.5) is 0 Å². The Morgan fingerprint density at radius 1 is 1.06 bits per heavy atom. The first-order valence-electron chi connectivity index (χ1n) is 3.89. The Morgan fingerprint density at radius 2 is 1.53 bits per heavy atom. The maximum absolute atomic E-state index is 11.1. The molecule has 0 aromatic carbocycles. The zero-order valence-electron chi connectivity index (χ0n) is 8.44. The second-order valence-corrected chi connectivity index (χ2v) is 7.12. The number of phosphoric acid groups is 3. The van der Waals surface area contributed by atoms with Gasteiger partial charge < -0.3 is 25.3 Å². The van der Waals surface area contributed by atoms with Gasteiger partial charge in [0.25, 0.3) is 0 Å². The third-order valence-electron chi connectivity index (χ3n) is 1.06. The fourth-order valence-electron chi connectivity index (χ4n) is 0.569. The molecule has 0 aliphatic heterocycles. The maximum atomic E-state index is 11.1. The number of phosphoric ester groups is 1. The Kier molecular flexibility index (Phi) is 6.14. The zero-order chi connectivity index (χ0) is 13.9. The molecule has 0 amide bonds. The van der Waals surface area contributed by atoms with Crippen LogP contribution >= 0.6 is 23.5 Å². The van der Waals surface area contributed by atoms with Crippen LogP contribution in [-0.4, -0.2) is 32.2 Å². The quantitative estimate of drug-likeness (QED) is 0.387. The summed E-state index contributed by atoms with van der Waals surface area (Å²) >= 11 is 0. The molecule has 0 radical (unpaired) electrons. The summed E-state index contributed by atoms with van der Waals surface area (Å²) in [6.45, 7) is 1.07. The lowest BCUT2D eigenvalue weighted by Crippen LogP contribution is -2.19. The van der Waals surface area contributed by atoms with Crippen LogP contribution < -0.4 is 5.73 Å². The van der Waals surface area contributed by atoms with Crippen molar-refractivity contribution in [3.05, 3.63) is 0 Å². The van der Waals surface area contributed by atoms with Crippen LogP contribution in [0.15, 0.2) is 0 Å². The molecule has 0 aliphatic carbocycles. The standard InChI is InChI=1S/C3H12NO10P3/c1-3(2-4)12-16(8,9)14-17(10,11)13-15(5,6)7/h3H,2,4H2,1H3,(H,8,9)(H,10,11)(H2,5,6,7). The van der Waals surface area contributed by atoms with Gasteiger partial charge in [-0.1, -0.05) is 0 Å². The molecule has 0 rings (SSSR count). The summed E-state index contributed by atoms with van der Waals surface area (Å²) in [6.07, 6.45) is -0.985. The van der Waals surface area contributed by atoms with E-state index in [1.165, 1.54) is 6.92 Å². The van der Waals surface area contributed by atoms with Crippen LogP contribution in [0, 0.1) is 0 Å². The predicted molar refractivity (Wildman–Crippen MR) is 53.5 cm³/mol. The van der Waals surface area contributed by atoms with E-state index in [1.54, 1.807) is 0 Å². The largest absolute Gasteiger partial charge is 0.490 e. The van der Waals surface area contributed by atoms with Crippen molar-refractivity contribution in [2.24, 2.45) is 5.73 Å². The van der Waals surface area contributed by atoms with E-state index in [0.717, 1.165) is 0 Å². The van der Waals surface area contributed by atoms with Gasteiger partial charge in [0.1, 0.15) is 0 Å². The summed E-state index contributed by atoms with van der Waals surface area (Å²) in [5, 5.41) is 0. The van der Waals surface area contributed by atoms with Crippen molar-refractivity contribution in [3.63, 3.8) is 0 Å². The second kappa shape index (κ2) is 6.01. The fourth-order valence-corrected chi connectivity index (χ4v) is 3.77. The molecule has 0 aromatic heterocycles. The van der Waals surface area contributed by atoms with Crippen molar-refractivity contribution >= 4 is 23.5 Å². The average molecular weight is 315 g/mol. The Hall–Kier alpha value is 0.370. The molecule has 6 N–H and O–H groups in total. The highest BCUT2D eigenvalue weighted by molar-refractivity contribution is 7.66. The second-order valence-electron chi connectivity index (χ2n) is 2.74. The number of hydrogen-bond donors (Lipinski definition) is 5. The van der Waals surface area contributed by atoms with Gasteiger partial charge in [-0.3, -0.25) is 4.52 Å². The molecule has 0 aromatic rings. The van der Waals surface area contributed by atoms with Gasteiger partial charge in [-0.05, 0) is 6.92 Å². The average Bonchev–Trinajstić information content (AvgIpc) is 1.94. The molecule has 0 saturated heterocycles. The molecule has 0 fully saturated rings. The van der Waals surface area contributed by atoms with E-state index < -0.39 is 29.6 Å². The highest BCUT2D eigenvalue weighted by atomic mass is 31.3. The summed E-state index contributed by atoms with van der Waals surface area (Å²) in [5.41, 5.74) is 5.04. The van der Waals surface area contributed by atoms with E-state index in [9.17, 15) is 13.7 Å².